The number of carbonyl (C=O) groups excluding carboxylic acids is 2. The molecule has 4 nitrogen and oxygen atoms in total. The van der Waals surface area contributed by atoms with Crippen molar-refractivity contribution in [1.82, 2.24) is 5.32 Å². The summed E-state index contributed by atoms with van der Waals surface area (Å²) in [5, 5.41) is 4.79. The highest BCUT2D eigenvalue weighted by molar-refractivity contribution is 8.14. The van der Waals surface area contributed by atoms with Crippen LogP contribution in [0.25, 0.3) is 10.8 Å². The molecule has 3 atom stereocenters. The summed E-state index contributed by atoms with van der Waals surface area (Å²) in [6, 6.07) is 12.1. The smallest absolute Gasteiger partial charge is 0.229 e. The van der Waals surface area contributed by atoms with Crippen LogP contribution in [0.3, 0.4) is 0 Å². The summed E-state index contributed by atoms with van der Waals surface area (Å²) in [6.07, 6.45) is 8.02. The van der Waals surface area contributed by atoms with Crippen molar-refractivity contribution in [3.63, 3.8) is 0 Å². The minimum Gasteiger partial charge on any atom is -0.413 e. The van der Waals surface area contributed by atoms with Crippen LogP contribution in [0.15, 0.2) is 36.4 Å². The van der Waals surface area contributed by atoms with Crippen LogP contribution in [-0.2, 0) is 9.22 Å². The third kappa shape index (κ3) is 5.08. The molecule has 1 N–H and O–H groups in total. The number of hydrogen-bond donors (Lipinski definition) is 1. The molecule has 1 heterocycles. The van der Waals surface area contributed by atoms with Gasteiger partial charge in [0.05, 0.1) is 17.4 Å². The number of hydrogen-bond acceptors (Lipinski definition) is 4. The summed E-state index contributed by atoms with van der Waals surface area (Å²) in [5.74, 6) is 0.833. The normalized spacial score (nSPS) is 22.8. The predicted molar refractivity (Wildman–Crippen MR) is 139 cm³/mol. The highest BCUT2D eigenvalue weighted by Crippen LogP contribution is 2.40. The average molecular weight is 479 g/mol. The van der Waals surface area contributed by atoms with Crippen LogP contribution in [0.5, 0.6) is 0 Å². The van der Waals surface area contributed by atoms with Crippen LogP contribution in [0, 0.1) is 37.5 Å². The standard InChI is InChI=1S/C27H32NO3SSi/c1-17(31-33(5,6)27(2,3)4)23-24(29)28-25(23)32-26(30)22-14-13-20-15-19(11-12-21(20)16-22)18-9-7-8-10-18/h7-17,23,25H,1-6H3,(H,28,29)/t17-,23+,25-/m1/s1. The first-order valence-corrected chi connectivity index (χ1v) is 15.2. The van der Waals surface area contributed by atoms with Crippen LogP contribution in [0.2, 0.25) is 18.1 Å². The van der Waals surface area contributed by atoms with Crippen molar-refractivity contribution >= 4 is 41.9 Å². The van der Waals surface area contributed by atoms with Crippen LogP contribution in [0.1, 0.15) is 43.6 Å². The number of benzene rings is 2. The SMILES string of the molecule is C[C@@H](O[Si](C)(C)C(C)(C)C)[C@H]1C(=O)N[C@@H]1SC(=O)c1ccc2cc([C]3[CH][CH][CH][CH]3)ccc2c1. The molecule has 1 saturated carbocycles. The Kier molecular flexibility index (Phi) is 6.82. The molecule has 2 aromatic rings. The van der Waals surface area contributed by atoms with Crippen molar-refractivity contribution in [1.29, 1.82) is 0 Å². The largest absolute Gasteiger partial charge is 0.413 e. The van der Waals surface area contributed by atoms with Gasteiger partial charge in [-0.2, -0.15) is 0 Å². The fourth-order valence-corrected chi connectivity index (χ4v) is 6.54. The first-order chi connectivity index (χ1) is 15.5. The number of rotatable bonds is 6. The van der Waals surface area contributed by atoms with E-state index >= 15 is 0 Å². The molecule has 33 heavy (non-hydrogen) atoms. The maximum Gasteiger partial charge on any atom is 0.229 e. The van der Waals surface area contributed by atoms with Gasteiger partial charge in [-0.05, 0) is 79.2 Å². The van der Waals surface area contributed by atoms with Gasteiger partial charge >= 0.3 is 0 Å². The molecule has 4 rings (SSSR count). The Morgan fingerprint density at radius 2 is 1.70 bits per heavy atom. The Hall–Kier alpha value is -1.63. The Morgan fingerprint density at radius 3 is 2.33 bits per heavy atom. The molecule has 2 aromatic carbocycles. The van der Waals surface area contributed by atoms with Gasteiger partial charge in [0.25, 0.3) is 0 Å². The number of β-lactam (4-membered cyclic amide) rings is 1. The second kappa shape index (κ2) is 9.20. The number of nitrogens with one attached hydrogen (secondary N) is 1. The highest BCUT2D eigenvalue weighted by Gasteiger charge is 2.48. The second-order valence-corrected chi connectivity index (χ2v) is 16.3. The van der Waals surface area contributed by atoms with Gasteiger partial charge in [0, 0.05) is 11.5 Å². The van der Waals surface area contributed by atoms with E-state index in [9.17, 15) is 9.59 Å². The molecule has 2 fully saturated rings. The zero-order valence-electron chi connectivity index (χ0n) is 20.1. The van der Waals surface area contributed by atoms with Gasteiger partial charge in [-0.15, -0.1) is 0 Å². The Bertz CT molecular complexity index is 1060. The molecule has 0 aromatic heterocycles. The Morgan fingerprint density at radius 1 is 1.06 bits per heavy atom. The lowest BCUT2D eigenvalue weighted by Gasteiger charge is -2.44. The topological polar surface area (TPSA) is 55.4 Å². The van der Waals surface area contributed by atoms with Gasteiger partial charge in [-0.1, -0.05) is 56.8 Å². The molecular formula is C27H32NO3SSi. The summed E-state index contributed by atoms with van der Waals surface area (Å²) >= 11 is 1.19. The summed E-state index contributed by atoms with van der Waals surface area (Å²) < 4.78 is 6.45. The zero-order valence-corrected chi connectivity index (χ0v) is 22.0. The van der Waals surface area contributed by atoms with Crippen LogP contribution >= 0.6 is 11.8 Å². The second-order valence-electron chi connectivity index (χ2n) is 10.4. The van der Waals surface area contributed by atoms with Crippen molar-refractivity contribution < 1.29 is 14.0 Å². The summed E-state index contributed by atoms with van der Waals surface area (Å²) in [4.78, 5) is 25.4. The quantitative estimate of drug-likeness (QED) is 0.412. The lowest BCUT2D eigenvalue weighted by Crippen LogP contribution is -2.62. The minimum atomic E-state index is -2.01. The molecule has 0 bridgehead atoms. The fourth-order valence-electron chi connectivity index (χ4n) is 3.95. The summed E-state index contributed by atoms with van der Waals surface area (Å²) in [7, 11) is -2.01. The van der Waals surface area contributed by atoms with Crippen LogP contribution in [0.4, 0.5) is 0 Å². The zero-order chi connectivity index (χ0) is 24.0. The third-order valence-corrected chi connectivity index (χ3v) is 12.7. The number of amides is 1. The number of thioether (sulfide) groups is 1. The van der Waals surface area contributed by atoms with Crippen LogP contribution in [-0.4, -0.2) is 30.8 Å². The Labute approximate surface area is 203 Å². The van der Waals surface area contributed by atoms with E-state index in [0.717, 1.165) is 16.3 Å². The van der Waals surface area contributed by atoms with Gasteiger partial charge < -0.3 is 9.74 Å². The third-order valence-electron chi connectivity index (χ3n) is 7.01. The predicted octanol–water partition coefficient (Wildman–Crippen LogP) is 5.95. The van der Waals surface area contributed by atoms with Crippen molar-refractivity contribution in [3.05, 3.63) is 79.1 Å². The molecule has 1 saturated heterocycles. The van der Waals surface area contributed by atoms with E-state index in [1.807, 2.05) is 38.0 Å². The number of carbonyl (C=O) groups is 2. The molecule has 6 heteroatoms. The first kappa shape index (κ1) is 24.5. The van der Waals surface area contributed by atoms with Crippen LogP contribution < -0.4 is 5.32 Å². The fraction of sp³-hybridized carbons (Fsp3) is 0.370. The van der Waals surface area contributed by atoms with Crippen molar-refractivity contribution in [2.45, 2.75) is 57.3 Å². The molecule has 5 radical (unpaired) electrons. The molecular weight excluding hydrogens is 446 g/mol. The highest BCUT2D eigenvalue weighted by atomic mass is 32.2. The van der Waals surface area contributed by atoms with E-state index in [2.05, 4.69) is 70.2 Å². The van der Waals surface area contributed by atoms with Gasteiger partial charge in [0.15, 0.2) is 8.32 Å². The summed E-state index contributed by atoms with van der Waals surface area (Å²) in [5.41, 5.74) is 1.81. The lowest BCUT2D eigenvalue weighted by molar-refractivity contribution is -0.136. The van der Waals surface area contributed by atoms with E-state index < -0.39 is 8.32 Å². The monoisotopic (exact) mass is 478 g/mol. The minimum absolute atomic E-state index is 0.0356. The van der Waals surface area contributed by atoms with E-state index in [-0.39, 0.29) is 33.5 Å². The number of fused-ring (bicyclic) bond motifs is 1. The van der Waals surface area contributed by atoms with Gasteiger partial charge in [0.1, 0.15) is 0 Å². The molecule has 0 spiro atoms. The first-order valence-electron chi connectivity index (χ1n) is 11.4. The molecule has 1 aliphatic carbocycles. The van der Waals surface area contributed by atoms with E-state index in [4.69, 9.17) is 4.43 Å². The average Bonchev–Trinajstić information content (AvgIpc) is 3.26. The summed E-state index contributed by atoms with van der Waals surface area (Å²) in [6.45, 7) is 12.9. The van der Waals surface area contributed by atoms with Gasteiger partial charge in [-0.25, -0.2) is 0 Å². The Balaban J connectivity index is 1.43. The van der Waals surface area contributed by atoms with Crippen molar-refractivity contribution in [2.24, 2.45) is 5.92 Å². The lowest BCUT2D eigenvalue weighted by atomic mass is 9.94. The maximum absolute atomic E-state index is 13.0. The van der Waals surface area contributed by atoms with Crippen molar-refractivity contribution in [3.8, 4) is 0 Å². The molecule has 173 valence electrons. The van der Waals surface area contributed by atoms with E-state index in [0.29, 0.717) is 5.56 Å². The molecule has 0 unspecified atom stereocenters. The molecule has 1 amide bonds. The maximum atomic E-state index is 13.0. The van der Waals surface area contributed by atoms with Crippen molar-refractivity contribution in [2.75, 3.05) is 0 Å². The van der Waals surface area contributed by atoms with Gasteiger partial charge in [-0.3, -0.25) is 9.59 Å². The van der Waals surface area contributed by atoms with Gasteiger partial charge in [0.2, 0.25) is 11.0 Å². The van der Waals surface area contributed by atoms with E-state index in [1.165, 1.54) is 17.7 Å². The molecule has 2 aliphatic rings. The van der Waals surface area contributed by atoms with E-state index in [1.54, 1.807) is 0 Å². The molecule has 1 aliphatic heterocycles.